The number of hydrogen-bond acceptors (Lipinski definition) is 2. The standard InChI is InChI=1S/C20H28N2O2/c1-4-16-7-5-6-8-18(16)22-13-17(10-19(22)23)20(24)21-11-14(2)9-15(3)12-21/h5-8,14-15,17H,4,9-13H2,1-3H3/t14-,15-,17+/m1/s1. The topological polar surface area (TPSA) is 40.6 Å². The molecule has 0 aliphatic carbocycles. The Bertz CT molecular complexity index is 618. The molecule has 0 N–H and O–H groups in total. The molecule has 1 aromatic rings. The fourth-order valence-corrected chi connectivity index (χ4v) is 4.28. The van der Waals surface area contributed by atoms with Gasteiger partial charge in [-0.1, -0.05) is 39.0 Å². The highest BCUT2D eigenvalue weighted by molar-refractivity contribution is 6.00. The molecule has 0 saturated carbocycles. The number of anilines is 1. The molecule has 2 aliphatic heterocycles. The van der Waals surface area contributed by atoms with E-state index in [4.69, 9.17) is 0 Å². The van der Waals surface area contributed by atoms with Crippen LogP contribution in [0.2, 0.25) is 0 Å². The Labute approximate surface area is 144 Å². The number of benzene rings is 1. The number of carbonyl (C=O) groups is 2. The van der Waals surface area contributed by atoms with Crippen LogP contribution in [0.25, 0.3) is 0 Å². The summed E-state index contributed by atoms with van der Waals surface area (Å²) in [7, 11) is 0. The van der Waals surface area contributed by atoms with Crippen molar-refractivity contribution in [3.05, 3.63) is 29.8 Å². The van der Waals surface area contributed by atoms with Crippen molar-refractivity contribution in [2.24, 2.45) is 17.8 Å². The van der Waals surface area contributed by atoms with Crippen LogP contribution >= 0.6 is 0 Å². The van der Waals surface area contributed by atoms with Crippen LogP contribution in [-0.4, -0.2) is 36.3 Å². The van der Waals surface area contributed by atoms with E-state index in [9.17, 15) is 9.59 Å². The summed E-state index contributed by atoms with van der Waals surface area (Å²) in [6.45, 7) is 8.70. The Morgan fingerprint density at radius 3 is 2.46 bits per heavy atom. The van der Waals surface area contributed by atoms with Gasteiger partial charge in [-0.15, -0.1) is 0 Å². The third-order valence-corrected chi connectivity index (χ3v) is 5.32. The summed E-state index contributed by atoms with van der Waals surface area (Å²) in [4.78, 5) is 29.2. The van der Waals surface area contributed by atoms with Crippen molar-refractivity contribution in [1.29, 1.82) is 0 Å². The Balaban J connectivity index is 1.73. The molecular formula is C20H28N2O2. The highest BCUT2D eigenvalue weighted by Crippen LogP contribution is 2.31. The van der Waals surface area contributed by atoms with Crippen molar-refractivity contribution in [3.8, 4) is 0 Å². The highest BCUT2D eigenvalue weighted by atomic mass is 16.2. The van der Waals surface area contributed by atoms with Gasteiger partial charge in [-0.2, -0.15) is 0 Å². The lowest BCUT2D eigenvalue weighted by Crippen LogP contribution is -2.45. The average molecular weight is 328 g/mol. The minimum Gasteiger partial charge on any atom is -0.342 e. The van der Waals surface area contributed by atoms with Gasteiger partial charge in [0.25, 0.3) is 0 Å². The van der Waals surface area contributed by atoms with Gasteiger partial charge in [0.1, 0.15) is 0 Å². The quantitative estimate of drug-likeness (QED) is 0.855. The van der Waals surface area contributed by atoms with Crippen molar-refractivity contribution in [3.63, 3.8) is 0 Å². The summed E-state index contributed by atoms with van der Waals surface area (Å²) < 4.78 is 0. The van der Waals surface area contributed by atoms with Crippen molar-refractivity contribution in [1.82, 2.24) is 4.90 Å². The third kappa shape index (κ3) is 3.33. The number of amides is 2. The monoisotopic (exact) mass is 328 g/mol. The van der Waals surface area contributed by atoms with Crippen molar-refractivity contribution >= 4 is 17.5 Å². The molecule has 2 fully saturated rings. The molecule has 4 nitrogen and oxygen atoms in total. The van der Waals surface area contributed by atoms with Crippen molar-refractivity contribution < 1.29 is 9.59 Å². The summed E-state index contributed by atoms with van der Waals surface area (Å²) in [6, 6.07) is 8.02. The molecule has 3 atom stereocenters. The summed E-state index contributed by atoms with van der Waals surface area (Å²) >= 11 is 0. The number of para-hydroxylation sites is 1. The lowest BCUT2D eigenvalue weighted by atomic mass is 9.91. The predicted molar refractivity (Wildman–Crippen MR) is 95.8 cm³/mol. The van der Waals surface area contributed by atoms with E-state index in [1.807, 2.05) is 28.0 Å². The van der Waals surface area contributed by atoms with Gasteiger partial charge in [0, 0.05) is 31.7 Å². The fourth-order valence-electron chi connectivity index (χ4n) is 4.28. The van der Waals surface area contributed by atoms with E-state index in [-0.39, 0.29) is 17.7 Å². The molecule has 3 rings (SSSR count). The maximum absolute atomic E-state index is 12.9. The molecule has 0 unspecified atom stereocenters. The number of hydrogen-bond donors (Lipinski definition) is 0. The van der Waals surface area contributed by atoms with E-state index < -0.39 is 0 Å². The van der Waals surface area contributed by atoms with E-state index in [1.54, 1.807) is 0 Å². The second kappa shape index (κ2) is 6.96. The summed E-state index contributed by atoms with van der Waals surface area (Å²) in [5.41, 5.74) is 2.14. The van der Waals surface area contributed by atoms with Crippen molar-refractivity contribution in [2.75, 3.05) is 24.5 Å². The first-order chi connectivity index (χ1) is 11.5. The van der Waals surface area contributed by atoms with E-state index in [0.717, 1.165) is 25.2 Å². The second-order valence-corrected chi connectivity index (χ2v) is 7.58. The predicted octanol–water partition coefficient (Wildman–Crippen LogP) is 3.11. The van der Waals surface area contributed by atoms with Crippen LogP contribution in [0.3, 0.4) is 0 Å². The first-order valence-corrected chi connectivity index (χ1v) is 9.16. The molecule has 0 aromatic heterocycles. The Kier molecular flexibility index (Phi) is 4.93. The fraction of sp³-hybridized carbons (Fsp3) is 0.600. The lowest BCUT2D eigenvalue weighted by molar-refractivity contribution is -0.138. The van der Waals surface area contributed by atoms with E-state index in [0.29, 0.717) is 24.8 Å². The minimum atomic E-state index is -0.195. The molecule has 2 amide bonds. The maximum Gasteiger partial charge on any atom is 0.228 e. The number of aryl methyl sites for hydroxylation is 1. The zero-order valence-corrected chi connectivity index (χ0v) is 15.0. The summed E-state index contributed by atoms with van der Waals surface area (Å²) in [6.07, 6.45) is 2.42. The molecule has 1 aromatic carbocycles. The van der Waals surface area contributed by atoms with Crippen molar-refractivity contribution in [2.45, 2.75) is 40.0 Å². The van der Waals surface area contributed by atoms with E-state index in [2.05, 4.69) is 26.8 Å². The zero-order chi connectivity index (χ0) is 17.3. The number of piperidine rings is 1. The number of rotatable bonds is 3. The molecule has 2 heterocycles. The van der Waals surface area contributed by atoms with Gasteiger partial charge >= 0.3 is 0 Å². The third-order valence-electron chi connectivity index (χ3n) is 5.32. The van der Waals surface area contributed by atoms with Crippen LogP contribution in [0.4, 0.5) is 5.69 Å². The maximum atomic E-state index is 12.9. The van der Waals surface area contributed by atoms with Gasteiger partial charge in [-0.25, -0.2) is 0 Å². The van der Waals surface area contributed by atoms with Crippen LogP contribution in [-0.2, 0) is 16.0 Å². The molecule has 4 heteroatoms. The second-order valence-electron chi connectivity index (χ2n) is 7.58. The number of carbonyl (C=O) groups excluding carboxylic acids is 2. The zero-order valence-electron chi connectivity index (χ0n) is 15.0. The van der Waals surface area contributed by atoms with Crippen LogP contribution < -0.4 is 4.90 Å². The minimum absolute atomic E-state index is 0.0763. The molecular weight excluding hydrogens is 300 g/mol. The van der Waals surface area contributed by atoms with E-state index >= 15 is 0 Å². The molecule has 2 aliphatic rings. The van der Waals surface area contributed by atoms with Gasteiger partial charge in [-0.3, -0.25) is 9.59 Å². The van der Waals surface area contributed by atoms with E-state index in [1.165, 1.54) is 12.0 Å². The number of nitrogens with zero attached hydrogens (tertiary/aromatic N) is 2. The van der Waals surface area contributed by atoms with Gasteiger partial charge in [0.05, 0.1) is 5.92 Å². The van der Waals surface area contributed by atoms with Crippen LogP contribution in [0, 0.1) is 17.8 Å². The van der Waals surface area contributed by atoms with Gasteiger partial charge in [-0.05, 0) is 36.3 Å². The molecule has 24 heavy (non-hydrogen) atoms. The Hall–Kier alpha value is -1.84. The molecule has 130 valence electrons. The SMILES string of the molecule is CCc1ccccc1N1C[C@@H](C(=O)N2C[C@H](C)C[C@@H](C)C2)CC1=O. The Morgan fingerprint density at radius 1 is 1.12 bits per heavy atom. The van der Waals surface area contributed by atoms with Gasteiger partial charge in [0.2, 0.25) is 11.8 Å². The molecule has 0 radical (unpaired) electrons. The summed E-state index contributed by atoms with van der Waals surface area (Å²) in [5, 5.41) is 0. The molecule has 2 saturated heterocycles. The van der Waals surface area contributed by atoms with Gasteiger partial charge < -0.3 is 9.80 Å². The summed E-state index contributed by atoms with van der Waals surface area (Å²) in [5.74, 6) is 1.14. The number of likely N-dealkylation sites (tertiary alicyclic amines) is 1. The first kappa shape index (κ1) is 17.0. The van der Waals surface area contributed by atoms with Crippen LogP contribution in [0.1, 0.15) is 39.2 Å². The normalized spacial score (nSPS) is 27.6. The first-order valence-electron chi connectivity index (χ1n) is 9.16. The largest absolute Gasteiger partial charge is 0.342 e. The van der Waals surface area contributed by atoms with Crippen LogP contribution in [0.15, 0.2) is 24.3 Å². The average Bonchev–Trinajstić information content (AvgIpc) is 2.94. The molecule has 0 bridgehead atoms. The van der Waals surface area contributed by atoms with Crippen LogP contribution in [0.5, 0.6) is 0 Å². The Morgan fingerprint density at radius 2 is 1.79 bits per heavy atom. The lowest BCUT2D eigenvalue weighted by Gasteiger charge is -2.36. The molecule has 0 spiro atoms. The highest BCUT2D eigenvalue weighted by Gasteiger charge is 2.39. The van der Waals surface area contributed by atoms with Gasteiger partial charge in [0.15, 0.2) is 0 Å². The smallest absolute Gasteiger partial charge is 0.228 e.